The van der Waals surface area contributed by atoms with Crippen LogP contribution in [-0.4, -0.2) is 28.1 Å². The third kappa shape index (κ3) is 3.87. The van der Waals surface area contributed by atoms with E-state index < -0.39 is 23.6 Å². The smallest absolute Gasteiger partial charge is 0.248 e. The lowest BCUT2D eigenvalue weighted by Gasteiger charge is -2.36. The predicted molar refractivity (Wildman–Crippen MR) is 104 cm³/mol. The Morgan fingerprint density at radius 2 is 1.86 bits per heavy atom. The second-order valence-electron chi connectivity index (χ2n) is 7.72. The molecular weight excluding hydrogens is 381 g/mol. The Balaban J connectivity index is 1.63. The molecule has 0 bridgehead atoms. The van der Waals surface area contributed by atoms with Crippen LogP contribution in [0.4, 0.5) is 13.2 Å². The van der Waals surface area contributed by atoms with Gasteiger partial charge in [-0.05, 0) is 73.6 Å². The minimum atomic E-state index is -1.06. The first-order valence-electron chi connectivity index (χ1n) is 9.55. The van der Waals surface area contributed by atoms with Crippen molar-refractivity contribution < 1.29 is 23.1 Å². The van der Waals surface area contributed by atoms with Crippen molar-refractivity contribution in [3.63, 3.8) is 0 Å². The molecule has 4 nitrogen and oxygen atoms in total. The van der Waals surface area contributed by atoms with Gasteiger partial charge in [-0.15, -0.1) is 0 Å². The van der Waals surface area contributed by atoms with Crippen molar-refractivity contribution in [1.29, 1.82) is 0 Å². The van der Waals surface area contributed by atoms with Gasteiger partial charge in [0.05, 0.1) is 5.52 Å². The summed E-state index contributed by atoms with van der Waals surface area (Å²) >= 11 is 0. The number of H-pyrrole nitrogens is 1. The average Bonchev–Trinajstić information content (AvgIpc) is 2.99. The molecule has 7 heteroatoms. The number of aromatic amines is 1. The first kappa shape index (κ1) is 19.5. The monoisotopic (exact) mass is 402 g/mol. The van der Waals surface area contributed by atoms with Gasteiger partial charge < -0.3 is 15.4 Å². The molecule has 1 aliphatic rings. The van der Waals surface area contributed by atoms with E-state index in [0.717, 1.165) is 11.6 Å². The lowest BCUT2D eigenvalue weighted by atomic mass is 9.76. The number of aromatic nitrogens is 1. The fraction of sp³-hybridized carbons (Fsp3) is 0.318. The molecule has 1 saturated carbocycles. The maximum Gasteiger partial charge on any atom is 0.248 e. The number of nitrogens with one attached hydrogen (secondary N) is 2. The van der Waals surface area contributed by atoms with E-state index in [2.05, 4.69) is 10.3 Å². The van der Waals surface area contributed by atoms with Gasteiger partial charge in [0, 0.05) is 23.2 Å². The van der Waals surface area contributed by atoms with Gasteiger partial charge >= 0.3 is 0 Å². The van der Waals surface area contributed by atoms with Crippen LogP contribution in [0.25, 0.3) is 22.2 Å². The number of benzene rings is 2. The van der Waals surface area contributed by atoms with Gasteiger partial charge in [0.25, 0.3) is 0 Å². The molecule has 4 rings (SSSR count). The largest absolute Gasteiger partial charge is 0.384 e. The maximum absolute atomic E-state index is 14.3. The molecule has 1 aromatic heterocycles. The van der Waals surface area contributed by atoms with Gasteiger partial charge in [-0.1, -0.05) is 0 Å². The summed E-state index contributed by atoms with van der Waals surface area (Å²) < 4.78 is 41.5. The van der Waals surface area contributed by atoms with Crippen LogP contribution in [0.5, 0.6) is 0 Å². The highest BCUT2D eigenvalue weighted by Gasteiger charge is 2.32. The number of aliphatic hydroxyl groups excluding tert-OH is 1. The molecule has 0 saturated heterocycles. The number of halogens is 3. The van der Waals surface area contributed by atoms with Crippen molar-refractivity contribution in [1.82, 2.24) is 10.3 Å². The van der Waals surface area contributed by atoms with Crippen LogP contribution in [0.1, 0.15) is 25.3 Å². The van der Waals surface area contributed by atoms with E-state index >= 15 is 0 Å². The third-order valence-corrected chi connectivity index (χ3v) is 5.52. The highest BCUT2D eigenvalue weighted by molar-refractivity contribution is 5.91. The Labute approximate surface area is 165 Å². The van der Waals surface area contributed by atoms with Crippen molar-refractivity contribution >= 4 is 16.8 Å². The van der Waals surface area contributed by atoms with E-state index in [9.17, 15) is 23.1 Å². The fourth-order valence-electron chi connectivity index (χ4n) is 3.98. The Bertz CT molecular complexity index is 1050. The van der Waals surface area contributed by atoms with E-state index in [0.29, 0.717) is 35.9 Å². The van der Waals surface area contributed by atoms with Crippen LogP contribution < -0.4 is 5.32 Å². The number of amides is 1. The summed E-state index contributed by atoms with van der Waals surface area (Å²) in [5.74, 6) is -1.89. The topological polar surface area (TPSA) is 65.1 Å². The molecule has 0 unspecified atom stereocenters. The number of hydrogen-bond donors (Lipinski definition) is 3. The van der Waals surface area contributed by atoms with Crippen LogP contribution in [0.3, 0.4) is 0 Å². The minimum Gasteiger partial charge on any atom is -0.384 e. The quantitative estimate of drug-likeness (QED) is 0.602. The Hall–Kier alpha value is -2.80. The zero-order valence-corrected chi connectivity index (χ0v) is 15.8. The zero-order chi connectivity index (χ0) is 20.7. The van der Waals surface area contributed by atoms with Gasteiger partial charge in [0.2, 0.25) is 5.91 Å². The number of aliphatic hydroxyl groups is 1. The molecule has 29 heavy (non-hydrogen) atoms. The van der Waals surface area contributed by atoms with E-state index in [1.54, 1.807) is 12.1 Å². The SMILES string of the molecule is C[C@H](O)C(=O)NC1CC(Cc2c(-c3ccc(F)cc3)[nH]c3c(F)cc(F)cc23)C1. The molecule has 3 aromatic rings. The number of hydrogen-bond acceptors (Lipinski definition) is 2. The number of fused-ring (bicyclic) bond motifs is 1. The molecule has 1 heterocycles. The fourth-order valence-corrected chi connectivity index (χ4v) is 3.98. The number of carbonyl (C=O) groups excluding carboxylic acids is 1. The second kappa shape index (κ2) is 7.55. The standard InChI is InChI=1S/C22H21F3N2O2/c1-11(28)22(29)26-16-6-12(7-16)8-17-18-9-15(24)10-19(25)21(18)27-20(17)13-2-4-14(23)5-3-13/h2-5,9-12,16,27-28H,6-8H2,1H3,(H,26,29)/t11-,12?,16?/m0/s1. The molecule has 1 atom stereocenters. The normalized spacial score (nSPS) is 19.8. The molecule has 152 valence electrons. The summed E-state index contributed by atoms with van der Waals surface area (Å²) in [5.41, 5.74) is 2.32. The molecule has 0 spiro atoms. The Kier molecular flexibility index (Phi) is 5.08. The van der Waals surface area contributed by atoms with Gasteiger partial charge in [0.1, 0.15) is 23.6 Å². The predicted octanol–water partition coefficient (Wildman–Crippen LogP) is 4.07. The summed E-state index contributed by atoms with van der Waals surface area (Å²) in [6.45, 7) is 1.41. The average molecular weight is 402 g/mol. The summed E-state index contributed by atoms with van der Waals surface area (Å²) in [7, 11) is 0. The highest BCUT2D eigenvalue weighted by Crippen LogP contribution is 2.38. The van der Waals surface area contributed by atoms with E-state index in [1.165, 1.54) is 25.1 Å². The first-order valence-corrected chi connectivity index (χ1v) is 9.55. The Morgan fingerprint density at radius 3 is 2.52 bits per heavy atom. The summed E-state index contributed by atoms with van der Waals surface area (Å²) in [6, 6.07) is 7.98. The molecule has 1 amide bonds. The summed E-state index contributed by atoms with van der Waals surface area (Å²) in [4.78, 5) is 14.6. The van der Waals surface area contributed by atoms with Crippen molar-refractivity contribution in [3.8, 4) is 11.3 Å². The zero-order valence-electron chi connectivity index (χ0n) is 15.8. The van der Waals surface area contributed by atoms with Crippen LogP contribution in [0.15, 0.2) is 36.4 Å². The molecule has 0 aliphatic heterocycles. The molecule has 1 aliphatic carbocycles. The summed E-state index contributed by atoms with van der Waals surface area (Å²) in [5, 5.41) is 12.5. The molecular formula is C22H21F3N2O2. The summed E-state index contributed by atoms with van der Waals surface area (Å²) in [6.07, 6.45) is 0.938. The molecule has 0 radical (unpaired) electrons. The van der Waals surface area contributed by atoms with Gasteiger partial charge in [-0.25, -0.2) is 13.2 Å². The van der Waals surface area contributed by atoms with Gasteiger partial charge in [-0.2, -0.15) is 0 Å². The lowest BCUT2D eigenvalue weighted by Crippen LogP contribution is -2.47. The third-order valence-electron chi connectivity index (χ3n) is 5.52. The second-order valence-corrected chi connectivity index (χ2v) is 7.72. The Morgan fingerprint density at radius 1 is 1.17 bits per heavy atom. The van der Waals surface area contributed by atoms with Gasteiger partial charge in [0.15, 0.2) is 0 Å². The molecule has 3 N–H and O–H groups in total. The van der Waals surface area contributed by atoms with E-state index in [4.69, 9.17) is 0 Å². The lowest BCUT2D eigenvalue weighted by molar-refractivity contribution is -0.130. The molecule has 2 aromatic carbocycles. The van der Waals surface area contributed by atoms with Crippen molar-refractivity contribution in [2.75, 3.05) is 0 Å². The van der Waals surface area contributed by atoms with Crippen molar-refractivity contribution in [2.45, 2.75) is 38.3 Å². The van der Waals surface area contributed by atoms with Crippen LogP contribution >= 0.6 is 0 Å². The maximum atomic E-state index is 14.3. The first-order chi connectivity index (χ1) is 13.8. The van der Waals surface area contributed by atoms with Crippen molar-refractivity contribution in [2.24, 2.45) is 5.92 Å². The highest BCUT2D eigenvalue weighted by atomic mass is 19.1. The van der Waals surface area contributed by atoms with Gasteiger partial charge in [-0.3, -0.25) is 4.79 Å². The van der Waals surface area contributed by atoms with Crippen LogP contribution in [-0.2, 0) is 11.2 Å². The molecule has 1 fully saturated rings. The number of rotatable bonds is 5. The van der Waals surface area contributed by atoms with Crippen molar-refractivity contribution in [3.05, 3.63) is 59.4 Å². The van der Waals surface area contributed by atoms with Crippen LogP contribution in [0, 0.1) is 23.4 Å². The minimum absolute atomic E-state index is 0.0185. The number of carbonyl (C=O) groups is 1. The van der Waals surface area contributed by atoms with E-state index in [1.807, 2.05) is 0 Å². The van der Waals surface area contributed by atoms with E-state index in [-0.39, 0.29) is 23.3 Å². The van der Waals surface area contributed by atoms with Crippen LogP contribution in [0.2, 0.25) is 0 Å².